The van der Waals surface area contributed by atoms with Crippen LogP contribution in [0.1, 0.15) is 71.6 Å². The van der Waals surface area contributed by atoms with Gasteiger partial charge in [-0.05, 0) is 80.5 Å². The van der Waals surface area contributed by atoms with E-state index < -0.39 is 0 Å². The van der Waals surface area contributed by atoms with Gasteiger partial charge in [-0.2, -0.15) is 5.26 Å². The van der Waals surface area contributed by atoms with Gasteiger partial charge in [0.25, 0.3) is 0 Å². The van der Waals surface area contributed by atoms with E-state index in [1.165, 1.54) is 49.8 Å². The third kappa shape index (κ3) is 4.23. The number of likely N-dealkylation sites (N-methyl/N-ethyl adjacent to an activating group) is 1. The molecule has 0 aromatic carbocycles. The van der Waals surface area contributed by atoms with Gasteiger partial charge in [0.2, 0.25) is 0 Å². The fourth-order valence-electron chi connectivity index (χ4n) is 8.99. The summed E-state index contributed by atoms with van der Waals surface area (Å²) in [4.78, 5) is 13.9. The molecule has 1 N–H and O–H groups in total. The average Bonchev–Trinajstić information content (AvgIpc) is 3.04. The minimum Gasteiger partial charge on any atom is -0.458 e. The first-order chi connectivity index (χ1) is 15.0. The summed E-state index contributed by atoms with van der Waals surface area (Å²) in [6, 6.07) is 3.06. The standard InChI is InChI=1S/C27H46N3O2/c1-26-13-11-20(32-25(31)18-30(4,5)6)17-19(26)7-8-21-22-9-10-24(29(3)16-15-28)27(22,2)14-12-23(21)26/h19-24H,7-14,16-18H2,1-6H3/q+1/p+1/t19-,20-,21-,22+,23-,24-,26+,27+/m0/s1. The Balaban J connectivity index is 1.43. The number of quaternary nitrogens is 2. The zero-order valence-corrected chi connectivity index (χ0v) is 21.5. The third-order valence-corrected chi connectivity index (χ3v) is 10.5. The first-order valence-electron chi connectivity index (χ1n) is 13.2. The van der Waals surface area contributed by atoms with E-state index in [1.807, 2.05) is 21.1 Å². The van der Waals surface area contributed by atoms with Crippen molar-refractivity contribution in [3.63, 3.8) is 0 Å². The highest BCUT2D eigenvalue weighted by molar-refractivity contribution is 5.70. The smallest absolute Gasteiger partial charge is 0.362 e. The van der Waals surface area contributed by atoms with Crippen LogP contribution in [0.4, 0.5) is 0 Å². The maximum atomic E-state index is 12.4. The minimum atomic E-state index is -0.0331. The number of esters is 1. The largest absolute Gasteiger partial charge is 0.458 e. The van der Waals surface area contributed by atoms with E-state index in [0.717, 1.165) is 30.6 Å². The second-order valence-electron chi connectivity index (χ2n) is 13.3. The summed E-state index contributed by atoms with van der Waals surface area (Å²) in [5.74, 6) is 3.18. The lowest BCUT2D eigenvalue weighted by molar-refractivity contribution is -0.906. The SMILES string of the molecule is C[NH+](CC#N)[C@H]1CC[C@@H]2[C@@H]3CC[C@H]4C[C@@H](OC(=O)C[N+](C)(C)C)CC[C@@]4(C)[C@H]3CC[C@]21C. The van der Waals surface area contributed by atoms with Gasteiger partial charge < -0.3 is 14.1 Å². The molecule has 0 heterocycles. The quantitative estimate of drug-likeness (QED) is 0.402. The molecule has 180 valence electrons. The lowest BCUT2D eigenvalue weighted by Crippen LogP contribution is -3.14. The summed E-state index contributed by atoms with van der Waals surface area (Å²) in [6.45, 7) is 6.23. The molecule has 0 aromatic rings. The Morgan fingerprint density at radius 2 is 1.72 bits per heavy atom. The molecule has 5 heteroatoms. The molecule has 0 saturated heterocycles. The van der Waals surface area contributed by atoms with Crippen molar-refractivity contribution >= 4 is 5.97 Å². The molecule has 4 rings (SSSR count). The molecule has 4 fully saturated rings. The lowest BCUT2D eigenvalue weighted by atomic mass is 9.45. The number of carbonyl (C=O) groups excluding carboxylic acids is 1. The molecular weight excluding hydrogens is 398 g/mol. The maximum Gasteiger partial charge on any atom is 0.362 e. The number of nitrogens with zero attached hydrogens (tertiary/aromatic N) is 2. The van der Waals surface area contributed by atoms with Crippen molar-refractivity contribution in [1.82, 2.24) is 0 Å². The van der Waals surface area contributed by atoms with E-state index in [9.17, 15) is 10.1 Å². The Morgan fingerprint density at radius 3 is 2.41 bits per heavy atom. The van der Waals surface area contributed by atoms with Gasteiger partial charge in [-0.3, -0.25) is 0 Å². The highest BCUT2D eigenvalue weighted by Crippen LogP contribution is 2.66. The highest BCUT2D eigenvalue weighted by Gasteiger charge is 2.62. The van der Waals surface area contributed by atoms with Gasteiger partial charge in [-0.25, -0.2) is 4.79 Å². The Morgan fingerprint density at radius 1 is 1.03 bits per heavy atom. The minimum absolute atomic E-state index is 0.0331. The number of rotatable bonds is 5. The summed E-state index contributed by atoms with van der Waals surface area (Å²) >= 11 is 0. The fourth-order valence-corrected chi connectivity index (χ4v) is 8.99. The molecule has 0 spiro atoms. The second kappa shape index (κ2) is 8.58. The van der Waals surface area contributed by atoms with Gasteiger partial charge in [0, 0.05) is 11.8 Å². The molecule has 9 atom stereocenters. The lowest BCUT2D eigenvalue weighted by Gasteiger charge is -2.60. The van der Waals surface area contributed by atoms with Crippen molar-refractivity contribution in [2.75, 3.05) is 41.3 Å². The molecule has 4 aliphatic carbocycles. The Kier molecular flexibility index (Phi) is 6.44. The van der Waals surface area contributed by atoms with Gasteiger partial charge in [-0.15, -0.1) is 0 Å². The third-order valence-electron chi connectivity index (χ3n) is 10.5. The number of fused-ring (bicyclic) bond motifs is 5. The maximum absolute atomic E-state index is 12.4. The van der Waals surface area contributed by atoms with Gasteiger partial charge in [0.1, 0.15) is 12.2 Å². The van der Waals surface area contributed by atoms with E-state index >= 15 is 0 Å². The number of carbonyl (C=O) groups is 1. The van der Waals surface area contributed by atoms with Crippen molar-refractivity contribution < 1.29 is 18.9 Å². The summed E-state index contributed by atoms with van der Waals surface area (Å²) in [6.07, 6.45) is 11.4. The van der Waals surface area contributed by atoms with Crippen molar-refractivity contribution in [2.24, 2.45) is 34.5 Å². The topological polar surface area (TPSA) is 54.5 Å². The second-order valence-corrected chi connectivity index (χ2v) is 13.3. The van der Waals surface area contributed by atoms with Gasteiger partial charge >= 0.3 is 5.97 Å². The summed E-state index contributed by atoms with van der Waals surface area (Å²) in [5.41, 5.74) is 0.819. The van der Waals surface area contributed by atoms with Crippen LogP contribution >= 0.6 is 0 Å². The van der Waals surface area contributed by atoms with Crippen LogP contribution in [0.25, 0.3) is 0 Å². The predicted octanol–water partition coefficient (Wildman–Crippen LogP) is 3.05. The van der Waals surface area contributed by atoms with Crippen LogP contribution in [0.5, 0.6) is 0 Å². The van der Waals surface area contributed by atoms with Crippen LogP contribution in [0.2, 0.25) is 0 Å². The Labute approximate surface area is 196 Å². The van der Waals surface area contributed by atoms with Crippen LogP contribution < -0.4 is 4.90 Å². The number of hydrogen-bond acceptors (Lipinski definition) is 3. The number of nitriles is 1. The van der Waals surface area contributed by atoms with Gasteiger partial charge in [-0.1, -0.05) is 13.8 Å². The average molecular weight is 446 g/mol. The highest BCUT2D eigenvalue weighted by atomic mass is 16.5. The van der Waals surface area contributed by atoms with Crippen molar-refractivity contribution in [1.29, 1.82) is 5.26 Å². The molecule has 4 aliphatic rings. The molecule has 0 aliphatic heterocycles. The summed E-state index contributed by atoms with van der Waals surface area (Å²) in [5, 5.41) is 9.26. The predicted molar refractivity (Wildman–Crippen MR) is 126 cm³/mol. The monoisotopic (exact) mass is 445 g/mol. The first kappa shape index (κ1) is 24.0. The Hall–Kier alpha value is -1.12. The number of ether oxygens (including phenoxy) is 1. The summed E-state index contributed by atoms with van der Waals surface area (Å²) < 4.78 is 6.59. The first-order valence-corrected chi connectivity index (χ1v) is 13.2. The zero-order valence-electron chi connectivity index (χ0n) is 21.5. The van der Waals surface area contributed by atoms with E-state index in [4.69, 9.17) is 4.74 Å². The molecule has 0 radical (unpaired) electrons. The van der Waals surface area contributed by atoms with Crippen molar-refractivity contribution in [3.8, 4) is 6.07 Å². The molecule has 4 saturated carbocycles. The normalized spacial score (nSPS) is 44.5. The Bertz CT molecular complexity index is 755. The van der Waals surface area contributed by atoms with E-state index in [2.05, 4.69) is 27.0 Å². The molecule has 0 amide bonds. The van der Waals surface area contributed by atoms with Crippen LogP contribution in [0.15, 0.2) is 0 Å². The van der Waals surface area contributed by atoms with Crippen molar-refractivity contribution in [3.05, 3.63) is 0 Å². The molecule has 32 heavy (non-hydrogen) atoms. The van der Waals surface area contributed by atoms with Crippen LogP contribution in [-0.4, -0.2) is 63.9 Å². The van der Waals surface area contributed by atoms with Crippen LogP contribution in [0, 0.1) is 45.8 Å². The molecule has 5 nitrogen and oxygen atoms in total. The number of nitrogens with one attached hydrogen (secondary N) is 1. The zero-order chi connectivity index (χ0) is 23.3. The summed E-state index contributed by atoms with van der Waals surface area (Å²) in [7, 11) is 8.38. The number of hydrogen-bond donors (Lipinski definition) is 1. The van der Waals surface area contributed by atoms with Gasteiger partial charge in [0.15, 0.2) is 13.1 Å². The fraction of sp³-hybridized carbons (Fsp3) is 0.926. The van der Waals surface area contributed by atoms with Crippen molar-refractivity contribution in [2.45, 2.75) is 83.8 Å². The van der Waals surface area contributed by atoms with E-state index in [-0.39, 0.29) is 12.1 Å². The van der Waals surface area contributed by atoms with E-state index in [0.29, 0.717) is 40.4 Å². The molecular formula is C27H47N3O2+2. The van der Waals surface area contributed by atoms with Gasteiger partial charge in [0.05, 0.1) is 34.2 Å². The van der Waals surface area contributed by atoms with E-state index in [1.54, 1.807) is 0 Å². The molecule has 1 unspecified atom stereocenters. The molecule has 0 bridgehead atoms. The molecule has 0 aromatic heterocycles. The van der Waals surface area contributed by atoms with Crippen LogP contribution in [0.3, 0.4) is 0 Å². The van der Waals surface area contributed by atoms with Crippen LogP contribution in [-0.2, 0) is 9.53 Å².